The standard InChI is InChI=1S/C25H25N3O4S/c1-4-32-24(30)19-15-21(17-8-6-5-7-9-17)28(16(19)2)13-12-23(29)27-25-26-20-11-10-18(31-3)14-22(20)33-25/h5-11,14-15H,4,12-13H2,1-3H3,(H,26,27,29). The second-order valence-corrected chi connectivity index (χ2v) is 8.45. The number of nitrogens with zero attached hydrogens (tertiary/aromatic N) is 2. The Balaban J connectivity index is 1.53. The quantitative estimate of drug-likeness (QED) is 0.359. The number of amides is 1. The van der Waals surface area contributed by atoms with Crippen LogP contribution < -0.4 is 10.1 Å². The number of ether oxygens (including phenoxy) is 2. The van der Waals surface area contributed by atoms with Crippen LogP contribution >= 0.6 is 11.3 Å². The van der Waals surface area contributed by atoms with Crippen LogP contribution in [0.15, 0.2) is 54.6 Å². The van der Waals surface area contributed by atoms with E-state index in [1.54, 1.807) is 14.0 Å². The van der Waals surface area contributed by atoms with Crippen LogP contribution in [0.3, 0.4) is 0 Å². The lowest BCUT2D eigenvalue weighted by Crippen LogP contribution is -2.15. The molecule has 4 rings (SSSR count). The van der Waals surface area contributed by atoms with Gasteiger partial charge in [-0.1, -0.05) is 41.7 Å². The third kappa shape index (κ3) is 4.90. The number of methoxy groups -OCH3 is 1. The number of thiazole rings is 1. The monoisotopic (exact) mass is 463 g/mol. The summed E-state index contributed by atoms with van der Waals surface area (Å²) in [5.41, 5.74) is 3.93. The lowest BCUT2D eigenvalue weighted by Gasteiger charge is -2.12. The van der Waals surface area contributed by atoms with Crippen molar-refractivity contribution in [1.29, 1.82) is 0 Å². The van der Waals surface area contributed by atoms with Gasteiger partial charge < -0.3 is 19.4 Å². The molecule has 0 spiro atoms. The second kappa shape index (κ2) is 9.87. The lowest BCUT2D eigenvalue weighted by atomic mass is 10.1. The SMILES string of the molecule is CCOC(=O)c1cc(-c2ccccc2)n(CCC(=O)Nc2nc3ccc(OC)cc3s2)c1C. The zero-order valence-electron chi connectivity index (χ0n) is 18.8. The number of benzene rings is 2. The normalized spacial score (nSPS) is 10.9. The van der Waals surface area contributed by atoms with E-state index in [0.29, 0.717) is 23.8 Å². The molecule has 0 aliphatic heterocycles. The summed E-state index contributed by atoms with van der Waals surface area (Å²) in [6.07, 6.45) is 0.233. The fraction of sp³-hybridized carbons (Fsp3) is 0.240. The summed E-state index contributed by atoms with van der Waals surface area (Å²) in [6, 6.07) is 17.2. The van der Waals surface area contributed by atoms with Crippen molar-refractivity contribution in [2.75, 3.05) is 19.0 Å². The smallest absolute Gasteiger partial charge is 0.339 e. The maximum absolute atomic E-state index is 12.7. The minimum absolute atomic E-state index is 0.147. The van der Waals surface area contributed by atoms with E-state index in [1.165, 1.54) is 11.3 Å². The first kappa shape index (κ1) is 22.5. The predicted molar refractivity (Wildman–Crippen MR) is 130 cm³/mol. The zero-order chi connectivity index (χ0) is 23.4. The number of rotatable bonds is 8. The summed E-state index contributed by atoms with van der Waals surface area (Å²) >= 11 is 1.40. The van der Waals surface area contributed by atoms with E-state index in [4.69, 9.17) is 9.47 Å². The Morgan fingerprint density at radius 2 is 1.91 bits per heavy atom. The molecular weight excluding hydrogens is 438 g/mol. The molecule has 0 radical (unpaired) electrons. The minimum atomic E-state index is -0.361. The first-order valence-electron chi connectivity index (χ1n) is 10.7. The fourth-order valence-electron chi connectivity index (χ4n) is 3.68. The molecule has 0 unspecified atom stereocenters. The first-order valence-corrected chi connectivity index (χ1v) is 11.5. The van der Waals surface area contributed by atoms with Crippen LogP contribution in [0.2, 0.25) is 0 Å². The summed E-state index contributed by atoms with van der Waals surface area (Å²) in [7, 11) is 1.62. The van der Waals surface area contributed by atoms with Gasteiger partial charge in [0.05, 0.1) is 29.5 Å². The molecular formula is C25H25N3O4S. The number of nitrogens with one attached hydrogen (secondary N) is 1. The summed E-state index contributed by atoms with van der Waals surface area (Å²) in [6.45, 7) is 4.38. The number of aromatic nitrogens is 2. The minimum Gasteiger partial charge on any atom is -0.497 e. The molecule has 1 amide bonds. The Kier molecular flexibility index (Phi) is 6.74. The molecule has 4 aromatic rings. The Labute approximate surface area is 196 Å². The molecule has 2 aromatic carbocycles. The van der Waals surface area contributed by atoms with Gasteiger partial charge in [0.25, 0.3) is 0 Å². The van der Waals surface area contributed by atoms with Crippen molar-refractivity contribution < 1.29 is 19.1 Å². The van der Waals surface area contributed by atoms with Crippen LogP contribution in [0.1, 0.15) is 29.4 Å². The van der Waals surface area contributed by atoms with E-state index < -0.39 is 0 Å². The van der Waals surface area contributed by atoms with Gasteiger partial charge in [-0.05, 0) is 43.7 Å². The molecule has 1 N–H and O–H groups in total. The maximum Gasteiger partial charge on any atom is 0.339 e. The number of fused-ring (bicyclic) bond motifs is 1. The number of anilines is 1. The van der Waals surface area contributed by atoms with Crippen LogP contribution in [-0.2, 0) is 16.1 Å². The van der Waals surface area contributed by atoms with Crippen molar-refractivity contribution in [3.05, 3.63) is 65.9 Å². The van der Waals surface area contributed by atoms with E-state index in [0.717, 1.165) is 32.9 Å². The molecule has 0 fully saturated rings. The number of carbonyl (C=O) groups is 2. The molecule has 0 aliphatic carbocycles. The molecule has 0 aliphatic rings. The molecule has 2 heterocycles. The Morgan fingerprint density at radius 1 is 1.12 bits per heavy atom. The number of carbonyl (C=O) groups excluding carboxylic acids is 2. The van der Waals surface area contributed by atoms with Gasteiger partial charge in [0.2, 0.25) is 5.91 Å². The van der Waals surface area contributed by atoms with Gasteiger partial charge in [0.15, 0.2) is 5.13 Å². The summed E-state index contributed by atoms with van der Waals surface area (Å²) < 4.78 is 13.4. The van der Waals surface area contributed by atoms with E-state index in [1.807, 2.05) is 66.1 Å². The Bertz CT molecular complexity index is 1290. The molecule has 0 atom stereocenters. The topological polar surface area (TPSA) is 82.5 Å². The van der Waals surface area contributed by atoms with Crippen molar-refractivity contribution in [2.45, 2.75) is 26.8 Å². The third-order valence-corrected chi connectivity index (χ3v) is 6.27. The summed E-state index contributed by atoms with van der Waals surface area (Å²) in [5, 5.41) is 3.43. The van der Waals surface area contributed by atoms with Crippen molar-refractivity contribution in [3.63, 3.8) is 0 Å². The zero-order valence-corrected chi connectivity index (χ0v) is 19.6. The van der Waals surface area contributed by atoms with Gasteiger partial charge in [-0.15, -0.1) is 0 Å². The van der Waals surface area contributed by atoms with E-state index >= 15 is 0 Å². The highest BCUT2D eigenvalue weighted by Gasteiger charge is 2.20. The Hall–Kier alpha value is -3.65. The summed E-state index contributed by atoms with van der Waals surface area (Å²) in [4.78, 5) is 29.6. The largest absolute Gasteiger partial charge is 0.497 e. The highest BCUT2D eigenvalue weighted by atomic mass is 32.1. The van der Waals surface area contributed by atoms with Crippen LogP contribution in [0.5, 0.6) is 5.75 Å². The van der Waals surface area contributed by atoms with Crippen molar-refractivity contribution in [1.82, 2.24) is 9.55 Å². The molecule has 0 saturated heterocycles. The van der Waals surface area contributed by atoms with Gasteiger partial charge in [-0.25, -0.2) is 9.78 Å². The van der Waals surface area contributed by atoms with Gasteiger partial charge in [0, 0.05) is 24.4 Å². The molecule has 170 valence electrons. The van der Waals surface area contributed by atoms with Crippen LogP contribution in [0.25, 0.3) is 21.5 Å². The van der Waals surface area contributed by atoms with E-state index in [2.05, 4.69) is 10.3 Å². The van der Waals surface area contributed by atoms with Crippen molar-refractivity contribution in [2.24, 2.45) is 0 Å². The first-order chi connectivity index (χ1) is 16.0. The molecule has 8 heteroatoms. The molecule has 33 heavy (non-hydrogen) atoms. The highest BCUT2D eigenvalue weighted by Crippen LogP contribution is 2.30. The molecule has 2 aromatic heterocycles. The van der Waals surface area contributed by atoms with E-state index in [-0.39, 0.29) is 18.3 Å². The van der Waals surface area contributed by atoms with Crippen LogP contribution in [-0.4, -0.2) is 35.1 Å². The van der Waals surface area contributed by atoms with Gasteiger partial charge in [-0.3, -0.25) is 4.79 Å². The lowest BCUT2D eigenvalue weighted by molar-refractivity contribution is -0.116. The average molecular weight is 464 g/mol. The average Bonchev–Trinajstić information content (AvgIpc) is 3.37. The number of hydrogen-bond acceptors (Lipinski definition) is 6. The van der Waals surface area contributed by atoms with Crippen molar-refractivity contribution in [3.8, 4) is 17.0 Å². The second-order valence-electron chi connectivity index (χ2n) is 7.42. The molecule has 7 nitrogen and oxygen atoms in total. The number of esters is 1. The third-order valence-electron chi connectivity index (χ3n) is 5.34. The number of hydrogen-bond donors (Lipinski definition) is 1. The van der Waals surface area contributed by atoms with Gasteiger partial charge >= 0.3 is 5.97 Å². The molecule has 0 bridgehead atoms. The Morgan fingerprint density at radius 3 is 2.64 bits per heavy atom. The molecule has 0 saturated carbocycles. The van der Waals surface area contributed by atoms with Crippen molar-refractivity contribution >= 4 is 38.6 Å². The fourth-order valence-corrected chi connectivity index (χ4v) is 4.59. The predicted octanol–water partition coefficient (Wildman–Crippen LogP) is 5.29. The van der Waals surface area contributed by atoms with E-state index in [9.17, 15) is 9.59 Å². The highest BCUT2D eigenvalue weighted by molar-refractivity contribution is 7.22. The van der Waals surface area contributed by atoms with Gasteiger partial charge in [-0.2, -0.15) is 0 Å². The van der Waals surface area contributed by atoms with Crippen LogP contribution in [0, 0.1) is 6.92 Å². The maximum atomic E-state index is 12.7. The summed E-state index contributed by atoms with van der Waals surface area (Å²) in [5.74, 6) is 0.240. The van der Waals surface area contributed by atoms with Crippen LogP contribution in [0.4, 0.5) is 5.13 Å². The van der Waals surface area contributed by atoms with Gasteiger partial charge in [0.1, 0.15) is 5.75 Å².